The van der Waals surface area contributed by atoms with Crippen molar-refractivity contribution in [3.8, 4) is 0 Å². The lowest BCUT2D eigenvalue weighted by atomic mass is 10.1. The topological polar surface area (TPSA) is 66.5 Å². The van der Waals surface area contributed by atoms with Crippen LogP contribution in [-0.4, -0.2) is 39.1 Å². The molecule has 0 aromatic heterocycles. The number of hydrogen-bond acceptors (Lipinski definition) is 3. The zero-order valence-corrected chi connectivity index (χ0v) is 12.0. The summed E-state index contributed by atoms with van der Waals surface area (Å²) in [4.78, 5) is 13.5. The molecule has 0 saturated carbocycles. The van der Waals surface area contributed by atoms with Gasteiger partial charge in [-0.3, -0.25) is 9.52 Å². The fourth-order valence-corrected chi connectivity index (χ4v) is 2.08. The third kappa shape index (κ3) is 3.89. The van der Waals surface area contributed by atoms with Crippen molar-refractivity contribution in [2.75, 3.05) is 24.6 Å². The molecule has 1 amide bonds. The van der Waals surface area contributed by atoms with Gasteiger partial charge in [-0.15, -0.1) is 0 Å². The normalized spacial score (nSPS) is 11.1. The molecular formula is C11H15ClN2O3S. The van der Waals surface area contributed by atoms with E-state index in [1.165, 1.54) is 23.1 Å². The van der Waals surface area contributed by atoms with E-state index in [1.54, 1.807) is 7.05 Å². The van der Waals surface area contributed by atoms with E-state index in [4.69, 9.17) is 11.6 Å². The van der Waals surface area contributed by atoms with Crippen LogP contribution in [0.4, 0.5) is 5.69 Å². The molecule has 0 radical (unpaired) electrons. The maximum Gasteiger partial charge on any atom is 0.255 e. The highest BCUT2D eigenvalue weighted by atomic mass is 35.5. The number of anilines is 1. The van der Waals surface area contributed by atoms with E-state index < -0.39 is 10.0 Å². The third-order valence-corrected chi connectivity index (χ3v) is 3.15. The smallest absolute Gasteiger partial charge is 0.255 e. The van der Waals surface area contributed by atoms with Crippen LogP contribution in [-0.2, 0) is 10.0 Å². The number of rotatable bonds is 4. The predicted octanol–water partition coefficient (Wildman–Crippen LogP) is 1.80. The van der Waals surface area contributed by atoms with E-state index in [2.05, 4.69) is 4.72 Å². The summed E-state index contributed by atoms with van der Waals surface area (Å²) in [5.41, 5.74) is 0.462. The molecule has 0 aliphatic carbocycles. The average Bonchev–Trinajstić information content (AvgIpc) is 2.27. The third-order valence-electron chi connectivity index (χ3n) is 2.33. The van der Waals surface area contributed by atoms with Gasteiger partial charge in [0.05, 0.1) is 17.5 Å². The lowest BCUT2D eigenvalue weighted by Gasteiger charge is -2.17. The highest BCUT2D eigenvalue weighted by molar-refractivity contribution is 7.92. The van der Waals surface area contributed by atoms with E-state index in [-0.39, 0.29) is 17.2 Å². The Labute approximate surface area is 112 Å². The summed E-state index contributed by atoms with van der Waals surface area (Å²) >= 11 is 5.83. The van der Waals surface area contributed by atoms with Gasteiger partial charge in [0.1, 0.15) is 0 Å². The number of nitrogens with zero attached hydrogens (tertiary/aromatic N) is 1. The van der Waals surface area contributed by atoms with Gasteiger partial charge in [-0.2, -0.15) is 0 Å². The van der Waals surface area contributed by atoms with E-state index >= 15 is 0 Å². The molecule has 0 fully saturated rings. The molecule has 18 heavy (non-hydrogen) atoms. The highest BCUT2D eigenvalue weighted by Gasteiger charge is 2.17. The van der Waals surface area contributed by atoms with Gasteiger partial charge in [-0.25, -0.2) is 8.42 Å². The number of carbonyl (C=O) groups is 1. The second-order valence-electron chi connectivity index (χ2n) is 3.88. The van der Waals surface area contributed by atoms with Gasteiger partial charge in [-0.1, -0.05) is 11.6 Å². The number of amides is 1. The Morgan fingerprint density at radius 1 is 1.44 bits per heavy atom. The summed E-state index contributed by atoms with van der Waals surface area (Å²) in [6.07, 6.45) is 1.03. The first-order valence-electron chi connectivity index (χ1n) is 5.27. The Morgan fingerprint density at radius 3 is 2.56 bits per heavy atom. The minimum absolute atomic E-state index is 0.229. The van der Waals surface area contributed by atoms with E-state index in [9.17, 15) is 13.2 Å². The van der Waals surface area contributed by atoms with Crippen molar-refractivity contribution in [1.29, 1.82) is 0 Å². The van der Waals surface area contributed by atoms with Crippen molar-refractivity contribution in [3.05, 3.63) is 28.8 Å². The minimum Gasteiger partial charge on any atom is -0.342 e. The zero-order chi connectivity index (χ0) is 13.9. The molecule has 0 aliphatic heterocycles. The Balaban J connectivity index is 3.24. The van der Waals surface area contributed by atoms with Gasteiger partial charge < -0.3 is 4.90 Å². The van der Waals surface area contributed by atoms with Crippen molar-refractivity contribution in [2.24, 2.45) is 0 Å². The molecule has 1 aromatic carbocycles. The van der Waals surface area contributed by atoms with Crippen LogP contribution in [0.2, 0.25) is 5.02 Å². The monoisotopic (exact) mass is 290 g/mol. The van der Waals surface area contributed by atoms with Crippen LogP contribution in [0.25, 0.3) is 0 Å². The molecule has 1 aromatic rings. The summed E-state index contributed by atoms with van der Waals surface area (Å²) in [5.74, 6) is -0.286. The molecule has 5 nitrogen and oxygen atoms in total. The fraction of sp³-hybridized carbons (Fsp3) is 0.364. The summed E-state index contributed by atoms with van der Waals surface area (Å²) in [6, 6.07) is 4.45. The first kappa shape index (κ1) is 14.8. The van der Waals surface area contributed by atoms with Crippen molar-refractivity contribution >= 4 is 33.2 Å². The molecule has 0 heterocycles. The summed E-state index contributed by atoms with van der Waals surface area (Å²) in [6.45, 7) is 2.34. The minimum atomic E-state index is -3.44. The second-order valence-corrected chi connectivity index (χ2v) is 6.07. The summed E-state index contributed by atoms with van der Waals surface area (Å²) in [5, 5.41) is 0.377. The maximum absolute atomic E-state index is 12.1. The number of nitrogens with one attached hydrogen (secondary N) is 1. The molecule has 0 unspecified atom stereocenters. The lowest BCUT2D eigenvalue weighted by molar-refractivity contribution is 0.0803. The van der Waals surface area contributed by atoms with Crippen LogP contribution < -0.4 is 4.72 Å². The Morgan fingerprint density at radius 2 is 2.06 bits per heavy atom. The molecule has 1 rings (SSSR count). The van der Waals surface area contributed by atoms with E-state index in [0.717, 1.165) is 6.26 Å². The van der Waals surface area contributed by atoms with Crippen LogP contribution in [0.15, 0.2) is 18.2 Å². The van der Waals surface area contributed by atoms with Crippen LogP contribution in [0.3, 0.4) is 0 Å². The van der Waals surface area contributed by atoms with Gasteiger partial charge >= 0.3 is 0 Å². The number of benzene rings is 1. The average molecular weight is 291 g/mol. The predicted molar refractivity (Wildman–Crippen MR) is 72.6 cm³/mol. The van der Waals surface area contributed by atoms with Crippen molar-refractivity contribution in [1.82, 2.24) is 4.90 Å². The summed E-state index contributed by atoms with van der Waals surface area (Å²) in [7, 11) is -1.81. The summed E-state index contributed by atoms with van der Waals surface area (Å²) < 4.78 is 24.8. The van der Waals surface area contributed by atoms with Gasteiger partial charge in [0, 0.05) is 18.6 Å². The lowest BCUT2D eigenvalue weighted by Crippen LogP contribution is -2.27. The Kier molecular flexibility index (Phi) is 4.59. The molecule has 0 aliphatic rings. The quantitative estimate of drug-likeness (QED) is 0.919. The van der Waals surface area contributed by atoms with Crippen LogP contribution >= 0.6 is 11.6 Å². The number of hydrogen-bond donors (Lipinski definition) is 1. The number of sulfonamides is 1. The Bertz CT molecular complexity index is 557. The van der Waals surface area contributed by atoms with Crippen molar-refractivity contribution in [2.45, 2.75) is 6.92 Å². The Hall–Kier alpha value is -1.27. The van der Waals surface area contributed by atoms with Gasteiger partial charge in [0.15, 0.2) is 0 Å². The van der Waals surface area contributed by atoms with E-state index in [1.807, 2.05) is 6.92 Å². The second kappa shape index (κ2) is 5.58. The van der Waals surface area contributed by atoms with Crippen LogP contribution in [0.5, 0.6) is 0 Å². The standard InChI is InChI=1S/C11H15ClN2O3S/c1-4-14(2)11(15)9-7-8(12)5-6-10(9)13-18(3,16)17/h5-7,13H,4H2,1-3H3. The number of halogens is 1. The molecule has 100 valence electrons. The largest absolute Gasteiger partial charge is 0.342 e. The van der Waals surface area contributed by atoms with Gasteiger partial charge in [0.2, 0.25) is 10.0 Å². The first-order chi connectivity index (χ1) is 8.24. The van der Waals surface area contributed by atoms with Gasteiger partial charge in [0.25, 0.3) is 5.91 Å². The fourth-order valence-electron chi connectivity index (χ4n) is 1.33. The molecular weight excluding hydrogens is 276 g/mol. The maximum atomic E-state index is 12.1. The molecule has 0 saturated heterocycles. The number of carbonyl (C=O) groups excluding carboxylic acids is 1. The SMILES string of the molecule is CCN(C)C(=O)c1cc(Cl)ccc1NS(C)(=O)=O. The van der Waals surface area contributed by atoms with E-state index in [0.29, 0.717) is 11.6 Å². The van der Waals surface area contributed by atoms with Crippen LogP contribution in [0.1, 0.15) is 17.3 Å². The molecule has 0 spiro atoms. The van der Waals surface area contributed by atoms with Crippen molar-refractivity contribution in [3.63, 3.8) is 0 Å². The highest BCUT2D eigenvalue weighted by Crippen LogP contribution is 2.22. The zero-order valence-electron chi connectivity index (χ0n) is 10.4. The molecule has 7 heteroatoms. The first-order valence-corrected chi connectivity index (χ1v) is 7.54. The van der Waals surface area contributed by atoms with Crippen LogP contribution in [0, 0.1) is 0 Å². The van der Waals surface area contributed by atoms with Crippen molar-refractivity contribution < 1.29 is 13.2 Å². The van der Waals surface area contributed by atoms with Gasteiger partial charge in [-0.05, 0) is 25.1 Å². The molecule has 1 N–H and O–H groups in total. The molecule has 0 bridgehead atoms. The molecule has 0 atom stereocenters.